The van der Waals surface area contributed by atoms with Gasteiger partial charge in [0, 0.05) is 5.92 Å². The van der Waals surface area contributed by atoms with Gasteiger partial charge in [-0.25, -0.2) is 0 Å². The Morgan fingerprint density at radius 3 is 2.73 bits per heavy atom. The van der Waals surface area contributed by atoms with Crippen LogP contribution in [-0.2, 0) is 4.74 Å². The van der Waals surface area contributed by atoms with Gasteiger partial charge in [-0.05, 0) is 32.9 Å². The van der Waals surface area contributed by atoms with Gasteiger partial charge in [0.25, 0.3) is 0 Å². The van der Waals surface area contributed by atoms with E-state index in [0.717, 1.165) is 25.9 Å². The molecule has 1 heterocycles. The Morgan fingerprint density at radius 1 is 1.55 bits per heavy atom. The molecule has 0 saturated carbocycles. The lowest BCUT2D eigenvalue weighted by Crippen LogP contribution is -2.32. The van der Waals surface area contributed by atoms with Crippen molar-refractivity contribution in [3.8, 4) is 0 Å². The minimum absolute atomic E-state index is 0.371. The first kappa shape index (κ1) is 8.53. The fourth-order valence-electron chi connectivity index (χ4n) is 1.36. The van der Waals surface area contributed by atoms with Gasteiger partial charge in [0.2, 0.25) is 0 Å². The molecule has 0 aromatic heterocycles. The van der Waals surface area contributed by atoms with E-state index in [-0.39, 0.29) is 0 Å². The third kappa shape index (κ3) is 2.50. The van der Waals surface area contributed by atoms with Gasteiger partial charge in [-0.1, -0.05) is 0 Å². The van der Waals surface area contributed by atoms with Crippen LogP contribution in [0.2, 0.25) is 0 Å². The van der Waals surface area contributed by atoms with Crippen LogP contribution in [0, 0.1) is 11.3 Å². The minimum Gasteiger partial charge on any atom is -0.481 e. The average molecular weight is 156 g/mol. The molecule has 0 aromatic rings. The third-order valence-electron chi connectivity index (χ3n) is 2.01. The summed E-state index contributed by atoms with van der Waals surface area (Å²) in [6.07, 6.45) is 2.11. The van der Waals surface area contributed by atoms with Gasteiger partial charge >= 0.3 is 0 Å². The first-order valence-corrected chi connectivity index (χ1v) is 4.26. The van der Waals surface area contributed by atoms with Gasteiger partial charge in [0.15, 0.2) is 5.90 Å². The number of nitrogens with one attached hydrogen (secondary N) is 2. The summed E-state index contributed by atoms with van der Waals surface area (Å²) >= 11 is 0. The molecule has 0 aromatic carbocycles. The van der Waals surface area contributed by atoms with Crippen molar-refractivity contribution >= 4 is 5.90 Å². The lowest BCUT2D eigenvalue weighted by atomic mass is 9.98. The summed E-state index contributed by atoms with van der Waals surface area (Å²) < 4.78 is 5.14. The van der Waals surface area contributed by atoms with Crippen molar-refractivity contribution in [2.75, 3.05) is 19.7 Å². The van der Waals surface area contributed by atoms with Gasteiger partial charge in [0.05, 0.1) is 6.61 Å². The maximum Gasteiger partial charge on any atom is 0.183 e. The second-order valence-electron chi connectivity index (χ2n) is 2.82. The van der Waals surface area contributed by atoms with Gasteiger partial charge in [-0.15, -0.1) is 0 Å². The van der Waals surface area contributed by atoms with Gasteiger partial charge in [0.1, 0.15) is 0 Å². The van der Waals surface area contributed by atoms with Crippen molar-refractivity contribution in [2.24, 2.45) is 5.92 Å². The summed E-state index contributed by atoms with van der Waals surface area (Å²) in [7, 11) is 0. The predicted octanol–water partition coefficient (Wildman–Crippen LogP) is 1.000. The molecule has 0 atom stereocenters. The lowest BCUT2D eigenvalue weighted by Gasteiger charge is -2.22. The Bertz CT molecular complexity index is 130. The van der Waals surface area contributed by atoms with E-state index in [1.165, 1.54) is 0 Å². The standard InChI is InChI=1S/C8H16N2O/c1-2-11-8(9)7-3-5-10-6-4-7/h7,9-10H,2-6H2,1H3. The van der Waals surface area contributed by atoms with Crippen molar-refractivity contribution in [3.05, 3.63) is 0 Å². The van der Waals surface area contributed by atoms with Crippen molar-refractivity contribution in [2.45, 2.75) is 19.8 Å². The minimum atomic E-state index is 0.371. The Kier molecular flexibility index (Phi) is 3.36. The summed E-state index contributed by atoms with van der Waals surface area (Å²) in [6, 6.07) is 0. The van der Waals surface area contributed by atoms with Crippen molar-refractivity contribution in [1.29, 1.82) is 5.41 Å². The quantitative estimate of drug-likeness (QED) is 0.463. The first-order valence-electron chi connectivity index (χ1n) is 4.26. The maximum absolute atomic E-state index is 7.53. The van der Waals surface area contributed by atoms with Crippen LogP contribution in [0.15, 0.2) is 0 Å². The van der Waals surface area contributed by atoms with Crippen LogP contribution in [0.1, 0.15) is 19.8 Å². The van der Waals surface area contributed by atoms with Crippen molar-refractivity contribution < 1.29 is 4.74 Å². The fourth-order valence-corrected chi connectivity index (χ4v) is 1.36. The van der Waals surface area contributed by atoms with Gasteiger partial charge in [-0.3, -0.25) is 5.41 Å². The van der Waals surface area contributed by atoms with E-state index in [1.807, 2.05) is 6.92 Å². The molecule has 1 rings (SSSR count). The Balaban J connectivity index is 2.27. The molecule has 0 radical (unpaired) electrons. The highest BCUT2D eigenvalue weighted by Crippen LogP contribution is 2.13. The zero-order valence-electron chi connectivity index (χ0n) is 7.02. The van der Waals surface area contributed by atoms with E-state index in [1.54, 1.807) is 0 Å². The average Bonchev–Trinajstić information content (AvgIpc) is 2.07. The van der Waals surface area contributed by atoms with E-state index in [2.05, 4.69) is 5.32 Å². The van der Waals surface area contributed by atoms with Crippen LogP contribution in [0.4, 0.5) is 0 Å². The topological polar surface area (TPSA) is 45.1 Å². The lowest BCUT2D eigenvalue weighted by molar-refractivity contribution is 0.279. The predicted molar refractivity (Wildman–Crippen MR) is 44.9 cm³/mol. The SMILES string of the molecule is CCOC(=N)C1CCNCC1. The van der Waals surface area contributed by atoms with Gasteiger partial charge < -0.3 is 10.1 Å². The number of piperidine rings is 1. The fraction of sp³-hybridized carbons (Fsp3) is 0.875. The smallest absolute Gasteiger partial charge is 0.183 e. The van der Waals surface area contributed by atoms with E-state index in [0.29, 0.717) is 18.4 Å². The zero-order valence-corrected chi connectivity index (χ0v) is 7.02. The molecule has 2 N–H and O–H groups in total. The molecule has 0 amide bonds. The van der Waals surface area contributed by atoms with Crippen LogP contribution in [0.5, 0.6) is 0 Å². The Morgan fingerprint density at radius 2 is 2.18 bits per heavy atom. The van der Waals surface area contributed by atoms with Crippen LogP contribution in [-0.4, -0.2) is 25.6 Å². The highest BCUT2D eigenvalue weighted by atomic mass is 16.5. The third-order valence-corrected chi connectivity index (χ3v) is 2.01. The van der Waals surface area contributed by atoms with Crippen LogP contribution >= 0.6 is 0 Å². The van der Waals surface area contributed by atoms with Crippen LogP contribution in [0.25, 0.3) is 0 Å². The van der Waals surface area contributed by atoms with E-state index in [9.17, 15) is 0 Å². The molecule has 0 bridgehead atoms. The summed E-state index contributed by atoms with van der Waals surface area (Å²) in [4.78, 5) is 0. The van der Waals surface area contributed by atoms with Gasteiger partial charge in [-0.2, -0.15) is 0 Å². The summed E-state index contributed by atoms with van der Waals surface area (Å²) in [5, 5.41) is 10.8. The van der Waals surface area contributed by atoms with Crippen molar-refractivity contribution in [1.82, 2.24) is 5.32 Å². The Hall–Kier alpha value is -0.570. The monoisotopic (exact) mass is 156 g/mol. The number of rotatable bonds is 2. The molecular weight excluding hydrogens is 140 g/mol. The molecule has 0 unspecified atom stereocenters. The normalized spacial score (nSPS) is 19.7. The molecule has 1 saturated heterocycles. The second-order valence-corrected chi connectivity index (χ2v) is 2.82. The number of hydrogen-bond donors (Lipinski definition) is 2. The van der Waals surface area contributed by atoms with Crippen molar-refractivity contribution in [3.63, 3.8) is 0 Å². The van der Waals surface area contributed by atoms with Crippen LogP contribution < -0.4 is 5.32 Å². The summed E-state index contributed by atoms with van der Waals surface area (Å²) in [6.45, 7) is 4.61. The molecule has 1 aliphatic heterocycles. The van der Waals surface area contributed by atoms with E-state index < -0.39 is 0 Å². The highest BCUT2D eigenvalue weighted by Gasteiger charge is 2.18. The molecule has 0 spiro atoms. The second kappa shape index (κ2) is 4.34. The van der Waals surface area contributed by atoms with E-state index in [4.69, 9.17) is 10.1 Å². The Labute approximate surface area is 67.6 Å². The molecule has 64 valence electrons. The first-order chi connectivity index (χ1) is 5.34. The highest BCUT2D eigenvalue weighted by molar-refractivity contribution is 5.75. The zero-order chi connectivity index (χ0) is 8.10. The molecule has 11 heavy (non-hydrogen) atoms. The molecule has 1 fully saturated rings. The largest absolute Gasteiger partial charge is 0.481 e. The van der Waals surface area contributed by atoms with Crippen LogP contribution in [0.3, 0.4) is 0 Å². The molecule has 0 aliphatic carbocycles. The molecule has 3 nitrogen and oxygen atoms in total. The maximum atomic E-state index is 7.53. The summed E-state index contributed by atoms with van der Waals surface area (Å²) in [5.41, 5.74) is 0. The summed E-state index contributed by atoms with van der Waals surface area (Å²) in [5.74, 6) is 0.852. The molecular formula is C8H16N2O. The van der Waals surface area contributed by atoms with E-state index >= 15 is 0 Å². The number of ether oxygens (including phenoxy) is 1. The number of hydrogen-bond acceptors (Lipinski definition) is 3. The molecule has 3 heteroatoms. The molecule has 1 aliphatic rings.